The number of phenolic OH excluding ortho intramolecular Hbond substituents is 1. The number of fused-ring (bicyclic) bond motifs is 2. The molecule has 0 radical (unpaired) electrons. The van der Waals surface area contributed by atoms with E-state index in [4.69, 9.17) is 0 Å². The third kappa shape index (κ3) is 3.80. The van der Waals surface area contributed by atoms with Gasteiger partial charge in [0.05, 0.1) is 26.6 Å². The van der Waals surface area contributed by atoms with E-state index in [0.717, 1.165) is 14.6 Å². The van der Waals surface area contributed by atoms with Crippen LogP contribution in [0.25, 0.3) is 21.0 Å². The summed E-state index contributed by atoms with van der Waals surface area (Å²) in [6.45, 7) is 1.82. The maximum atomic E-state index is 12.3. The highest BCUT2D eigenvalue weighted by molar-refractivity contribution is 8.01. The number of para-hydroxylation sites is 1. The summed E-state index contributed by atoms with van der Waals surface area (Å²) in [6, 6.07) is 16.7. The van der Waals surface area contributed by atoms with E-state index in [0.29, 0.717) is 27.8 Å². The smallest absolute Gasteiger partial charge is 0.232 e. The van der Waals surface area contributed by atoms with Gasteiger partial charge in [0.25, 0.3) is 0 Å². The van der Waals surface area contributed by atoms with Crippen LogP contribution in [0.2, 0.25) is 0 Å². The van der Waals surface area contributed by atoms with Gasteiger partial charge in [-0.15, -0.1) is 11.3 Å². The van der Waals surface area contributed by atoms with E-state index in [1.807, 2.05) is 43.3 Å². The molecule has 0 spiro atoms. The molecule has 0 aliphatic carbocycles. The summed E-state index contributed by atoms with van der Waals surface area (Å²) in [4.78, 5) is 5.16. The summed E-state index contributed by atoms with van der Waals surface area (Å²) in [5.74, 6) is 0.168. The van der Waals surface area contributed by atoms with Crippen LogP contribution in [0, 0.1) is 0 Å². The first-order valence-electron chi connectivity index (χ1n) is 8.75. The average Bonchev–Trinajstić information content (AvgIpc) is 3.07. The largest absolute Gasteiger partial charge is 0.506 e. The van der Waals surface area contributed by atoms with Crippen molar-refractivity contribution in [3.8, 4) is 5.75 Å². The van der Waals surface area contributed by atoms with E-state index in [-0.39, 0.29) is 11.5 Å². The van der Waals surface area contributed by atoms with Crippen LogP contribution in [-0.4, -0.2) is 24.3 Å². The minimum Gasteiger partial charge on any atom is -0.506 e. The molecule has 0 aliphatic rings. The zero-order valence-electron chi connectivity index (χ0n) is 15.0. The maximum absolute atomic E-state index is 12.3. The van der Waals surface area contributed by atoms with E-state index in [9.17, 15) is 13.5 Å². The van der Waals surface area contributed by atoms with Crippen molar-refractivity contribution in [2.24, 2.45) is 0 Å². The zero-order chi connectivity index (χ0) is 19.7. The van der Waals surface area contributed by atoms with E-state index < -0.39 is 10.0 Å². The molecule has 144 valence electrons. The number of aromatic nitrogens is 1. The van der Waals surface area contributed by atoms with Crippen molar-refractivity contribution < 1.29 is 13.5 Å². The van der Waals surface area contributed by atoms with Crippen LogP contribution >= 0.6 is 23.1 Å². The van der Waals surface area contributed by atoms with Crippen molar-refractivity contribution in [1.82, 2.24) is 4.98 Å². The third-order valence-corrected chi connectivity index (χ3v) is 7.80. The standard InChI is InChI=1S/C20H18N2O3S3/c1-2-11-28(24,25)22-16-12-18(19(23)14-8-4-3-7-13(14)16)27-20-21-15-9-5-6-10-17(15)26-20/h3-10,12,22-23H,2,11H2,1H3. The van der Waals surface area contributed by atoms with Gasteiger partial charge in [0.15, 0.2) is 4.34 Å². The van der Waals surface area contributed by atoms with Crippen LogP contribution in [0.4, 0.5) is 5.69 Å². The topological polar surface area (TPSA) is 79.3 Å². The van der Waals surface area contributed by atoms with E-state index in [1.165, 1.54) is 23.1 Å². The second-order valence-corrected chi connectivity index (χ2v) is 10.4. The maximum Gasteiger partial charge on any atom is 0.232 e. The van der Waals surface area contributed by atoms with Gasteiger partial charge in [0.1, 0.15) is 5.75 Å². The van der Waals surface area contributed by atoms with E-state index in [1.54, 1.807) is 18.2 Å². The van der Waals surface area contributed by atoms with Crippen LogP contribution in [0.15, 0.2) is 63.8 Å². The number of aromatic hydroxyl groups is 1. The molecule has 0 fully saturated rings. The molecule has 0 bridgehead atoms. The summed E-state index contributed by atoms with van der Waals surface area (Å²) in [5.41, 5.74) is 1.37. The van der Waals surface area contributed by atoms with E-state index >= 15 is 0 Å². The molecule has 0 unspecified atom stereocenters. The van der Waals surface area contributed by atoms with Gasteiger partial charge < -0.3 is 5.11 Å². The first-order chi connectivity index (χ1) is 13.5. The van der Waals surface area contributed by atoms with Gasteiger partial charge in [-0.25, -0.2) is 13.4 Å². The van der Waals surface area contributed by atoms with Crippen LogP contribution < -0.4 is 4.72 Å². The van der Waals surface area contributed by atoms with Gasteiger partial charge in [0, 0.05) is 10.8 Å². The van der Waals surface area contributed by atoms with Crippen molar-refractivity contribution >= 4 is 59.8 Å². The Kier molecular flexibility index (Phi) is 5.18. The third-order valence-electron chi connectivity index (χ3n) is 4.19. The van der Waals surface area contributed by atoms with Crippen molar-refractivity contribution in [2.75, 3.05) is 10.5 Å². The Balaban J connectivity index is 1.80. The lowest BCUT2D eigenvalue weighted by Gasteiger charge is -2.14. The Morgan fingerprint density at radius 3 is 2.57 bits per heavy atom. The molecule has 0 amide bonds. The lowest BCUT2D eigenvalue weighted by Crippen LogP contribution is -2.16. The van der Waals surface area contributed by atoms with Gasteiger partial charge in [-0.3, -0.25) is 4.72 Å². The van der Waals surface area contributed by atoms with Crippen LogP contribution in [-0.2, 0) is 10.0 Å². The van der Waals surface area contributed by atoms with Crippen LogP contribution in [0.1, 0.15) is 13.3 Å². The normalized spacial score (nSPS) is 11.9. The highest BCUT2D eigenvalue weighted by atomic mass is 32.2. The highest BCUT2D eigenvalue weighted by Crippen LogP contribution is 2.44. The molecule has 28 heavy (non-hydrogen) atoms. The molecule has 5 nitrogen and oxygen atoms in total. The number of rotatable bonds is 6. The first kappa shape index (κ1) is 19.0. The molecular formula is C20H18N2O3S3. The molecular weight excluding hydrogens is 412 g/mol. The number of phenols is 1. The van der Waals surface area contributed by atoms with Crippen molar-refractivity contribution in [2.45, 2.75) is 22.6 Å². The quantitative estimate of drug-likeness (QED) is 0.397. The Morgan fingerprint density at radius 2 is 1.82 bits per heavy atom. The predicted octanol–water partition coefficient (Wildman–Crippen LogP) is 5.46. The monoisotopic (exact) mass is 430 g/mol. The fraction of sp³-hybridized carbons (Fsp3) is 0.150. The Labute approximate surface area is 171 Å². The number of hydrogen-bond acceptors (Lipinski definition) is 6. The molecule has 0 saturated heterocycles. The molecule has 0 saturated carbocycles. The molecule has 1 heterocycles. The van der Waals surface area contributed by atoms with E-state index in [2.05, 4.69) is 9.71 Å². The number of nitrogens with zero attached hydrogens (tertiary/aromatic N) is 1. The SMILES string of the molecule is CCCS(=O)(=O)Nc1cc(Sc2nc3ccccc3s2)c(O)c2ccccc12. The van der Waals surface area contributed by atoms with Crippen molar-refractivity contribution in [1.29, 1.82) is 0 Å². The summed E-state index contributed by atoms with van der Waals surface area (Å²) in [6.07, 6.45) is 0.526. The lowest BCUT2D eigenvalue weighted by atomic mass is 10.1. The second-order valence-electron chi connectivity index (χ2n) is 6.29. The predicted molar refractivity (Wildman–Crippen MR) is 117 cm³/mol. The first-order valence-corrected chi connectivity index (χ1v) is 12.0. The number of hydrogen-bond donors (Lipinski definition) is 2. The zero-order valence-corrected chi connectivity index (χ0v) is 17.5. The van der Waals surface area contributed by atoms with Gasteiger partial charge in [-0.05, 0) is 24.6 Å². The van der Waals surface area contributed by atoms with Gasteiger partial charge in [0.2, 0.25) is 10.0 Å². The molecule has 3 aromatic carbocycles. The van der Waals surface area contributed by atoms with Gasteiger partial charge in [-0.2, -0.15) is 0 Å². The molecule has 4 aromatic rings. The average molecular weight is 431 g/mol. The molecule has 1 aromatic heterocycles. The minimum atomic E-state index is -3.45. The lowest BCUT2D eigenvalue weighted by molar-refractivity contribution is 0.469. The van der Waals surface area contributed by atoms with Crippen LogP contribution in [0.5, 0.6) is 5.75 Å². The summed E-state index contributed by atoms with van der Waals surface area (Å²) in [7, 11) is -3.45. The Bertz CT molecular complexity index is 1230. The van der Waals surface area contributed by atoms with Crippen molar-refractivity contribution in [3.05, 3.63) is 54.6 Å². The highest BCUT2D eigenvalue weighted by Gasteiger charge is 2.17. The fourth-order valence-corrected chi connectivity index (χ4v) is 6.23. The number of thiazole rings is 1. The number of benzene rings is 3. The van der Waals surface area contributed by atoms with Gasteiger partial charge >= 0.3 is 0 Å². The summed E-state index contributed by atoms with van der Waals surface area (Å²) < 4.78 is 29.2. The molecule has 0 aliphatic heterocycles. The minimum absolute atomic E-state index is 0.0442. The molecule has 2 N–H and O–H groups in total. The van der Waals surface area contributed by atoms with Gasteiger partial charge in [-0.1, -0.05) is 55.1 Å². The van der Waals surface area contributed by atoms with Crippen LogP contribution in [0.3, 0.4) is 0 Å². The Hall–Kier alpha value is -2.29. The number of sulfonamides is 1. The molecule has 8 heteroatoms. The molecule has 4 rings (SSSR count). The number of nitrogens with one attached hydrogen (secondary N) is 1. The molecule has 0 atom stereocenters. The second kappa shape index (κ2) is 7.62. The number of anilines is 1. The fourth-order valence-electron chi connectivity index (χ4n) is 2.97. The van der Waals surface area contributed by atoms with Crippen molar-refractivity contribution in [3.63, 3.8) is 0 Å². The summed E-state index contributed by atoms with van der Waals surface area (Å²) >= 11 is 2.87. The summed E-state index contributed by atoms with van der Waals surface area (Å²) in [5, 5.41) is 12.1. The Morgan fingerprint density at radius 1 is 1.11 bits per heavy atom.